The first-order valence-electron chi connectivity index (χ1n) is 9.69. The lowest BCUT2D eigenvalue weighted by molar-refractivity contribution is -0.871. The summed E-state index contributed by atoms with van der Waals surface area (Å²) < 4.78 is 2.87. The average molecular weight is 358 g/mol. The minimum atomic E-state index is -0.221. The second-order valence-electron chi connectivity index (χ2n) is 10.8. The Morgan fingerprint density at radius 3 is 1.12 bits per heavy atom. The number of quaternary nitrogens is 3. The molecular formula is C20H45N4O+3. The maximum absolute atomic E-state index is 11.2. The molecule has 0 aromatic carbocycles. The Bertz CT molecular complexity index is 370. The van der Waals surface area contributed by atoms with Crippen molar-refractivity contribution in [2.45, 2.75) is 44.1 Å². The first-order valence-corrected chi connectivity index (χ1v) is 9.69. The number of isocyanates is 1. The maximum atomic E-state index is 11.2. The van der Waals surface area contributed by atoms with E-state index in [1.165, 1.54) is 0 Å². The number of carbonyl (C=O) groups excluding carboxylic acids is 1. The van der Waals surface area contributed by atoms with E-state index in [0.717, 1.165) is 71.6 Å². The molecule has 0 aromatic heterocycles. The van der Waals surface area contributed by atoms with Gasteiger partial charge in [-0.1, -0.05) is 0 Å². The van der Waals surface area contributed by atoms with Gasteiger partial charge in [-0.15, -0.1) is 0 Å². The third kappa shape index (κ3) is 14.1. The van der Waals surface area contributed by atoms with E-state index in [4.69, 9.17) is 0 Å². The van der Waals surface area contributed by atoms with Crippen LogP contribution in [0.15, 0.2) is 4.99 Å². The lowest BCUT2D eigenvalue weighted by atomic mass is 9.84. The van der Waals surface area contributed by atoms with Crippen molar-refractivity contribution in [3.8, 4) is 0 Å². The molecule has 0 amide bonds. The van der Waals surface area contributed by atoms with Crippen molar-refractivity contribution in [3.05, 3.63) is 0 Å². The number of rotatable bonds is 13. The van der Waals surface area contributed by atoms with Gasteiger partial charge in [-0.25, -0.2) is 4.79 Å². The highest BCUT2D eigenvalue weighted by Gasteiger charge is 2.31. The Labute approximate surface area is 157 Å². The Morgan fingerprint density at radius 2 is 0.920 bits per heavy atom. The molecule has 0 aliphatic heterocycles. The number of hydrogen-bond acceptors (Lipinski definition) is 2. The minimum Gasteiger partial charge on any atom is -0.331 e. The first-order chi connectivity index (χ1) is 11.2. The molecule has 0 heterocycles. The van der Waals surface area contributed by atoms with Crippen molar-refractivity contribution >= 4 is 6.08 Å². The van der Waals surface area contributed by atoms with Gasteiger partial charge in [-0.2, -0.15) is 4.99 Å². The Hall–Kier alpha value is -0.740. The molecule has 0 aliphatic rings. The molecule has 0 bridgehead atoms. The van der Waals surface area contributed by atoms with E-state index in [0.29, 0.717) is 0 Å². The van der Waals surface area contributed by atoms with Crippen LogP contribution in [0, 0.1) is 0 Å². The van der Waals surface area contributed by atoms with Gasteiger partial charge in [0.2, 0.25) is 6.08 Å². The summed E-state index contributed by atoms with van der Waals surface area (Å²) in [4.78, 5) is 15.6. The van der Waals surface area contributed by atoms with Crippen LogP contribution >= 0.6 is 0 Å². The molecule has 5 heteroatoms. The monoisotopic (exact) mass is 357 g/mol. The molecule has 148 valence electrons. The molecule has 0 spiro atoms. The third-order valence-corrected chi connectivity index (χ3v) is 4.70. The quantitative estimate of drug-likeness (QED) is 0.283. The van der Waals surface area contributed by atoms with E-state index >= 15 is 0 Å². The fraction of sp³-hybridized carbons (Fsp3) is 0.950. The van der Waals surface area contributed by atoms with Gasteiger partial charge in [0.15, 0.2) is 0 Å². The van der Waals surface area contributed by atoms with Crippen molar-refractivity contribution in [2.75, 3.05) is 83.1 Å². The summed E-state index contributed by atoms with van der Waals surface area (Å²) in [7, 11) is 20.0. The van der Waals surface area contributed by atoms with E-state index in [2.05, 4.69) is 68.4 Å². The van der Waals surface area contributed by atoms with Gasteiger partial charge in [0.1, 0.15) is 0 Å². The standard InChI is InChI=1S/C20H45N4O/c1-22(2,3)16-10-13-20(21-19-25,14-11-17-23(4,5)6)15-12-18-24(7,8)9/h10-18H2,1-9H3/q+3. The van der Waals surface area contributed by atoms with Gasteiger partial charge in [0.05, 0.1) is 88.6 Å². The van der Waals surface area contributed by atoms with E-state index in [1.807, 2.05) is 6.08 Å². The van der Waals surface area contributed by atoms with Crippen LogP contribution in [0.25, 0.3) is 0 Å². The van der Waals surface area contributed by atoms with Crippen LogP contribution in [0.3, 0.4) is 0 Å². The minimum absolute atomic E-state index is 0.221. The summed E-state index contributed by atoms with van der Waals surface area (Å²) in [6.45, 7) is 3.34. The number of nitrogens with zero attached hydrogens (tertiary/aromatic N) is 4. The molecular weight excluding hydrogens is 312 g/mol. The second kappa shape index (κ2) is 9.82. The molecule has 0 rings (SSSR count). The van der Waals surface area contributed by atoms with Gasteiger partial charge in [-0.3, -0.25) is 0 Å². The predicted molar refractivity (Wildman–Crippen MR) is 107 cm³/mol. The first kappa shape index (κ1) is 24.3. The predicted octanol–water partition coefficient (Wildman–Crippen LogP) is 2.52. The van der Waals surface area contributed by atoms with Crippen molar-refractivity contribution in [3.63, 3.8) is 0 Å². The lowest BCUT2D eigenvalue weighted by Crippen LogP contribution is -2.39. The highest BCUT2D eigenvalue weighted by Crippen LogP contribution is 2.30. The van der Waals surface area contributed by atoms with Gasteiger partial charge in [0, 0.05) is 0 Å². The smallest absolute Gasteiger partial charge is 0.235 e. The zero-order valence-corrected chi connectivity index (χ0v) is 18.6. The van der Waals surface area contributed by atoms with Crippen LogP contribution in [-0.4, -0.2) is 108 Å². The zero-order valence-electron chi connectivity index (χ0n) is 18.6. The Kier molecular flexibility index (Phi) is 9.53. The second-order valence-corrected chi connectivity index (χ2v) is 10.8. The molecule has 25 heavy (non-hydrogen) atoms. The molecule has 0 atom stereocenters. The van der Waals surface area contributed by atoms with Crippen molar-refractivity contribution in [1.82, 2.24) is 0 Å². The van der Waals surface area contributed by atoms with Gasteiger partial charge >= 0.3 is 0 Å². The van der Waals surface area contributed by atoms with Crippen molar-refractivity contribution < 1.29 is 18.2 Å². The molecule has 0 saturated heterocycles. The molecule has 0 aliphatic carbocycles. The van der Waals surface area contributed by atoms with Crippen LogP contribution < -0.4 is 0 Å². The lowest BCUT2D eigenvalue weighted by Gasteiger charge is -2.33. The zero-order chi connectivity index (χ0) is 19.8. The van der Waals surface area contributed by atoms with E-state index in [-0.39, 0.29) is 5.54 Å². The van der Waals surface area contributed by atoms with Gasteiger partial charge in [0.25, 0.3) is 0 Å². The Balaban J connectivity index is 5.00. The Morgan fingerprint density at radius 1 is 0.640 bits per heavy atom. The highest BCUT2D eigenvalue weighted by atomic mass is 16.1. The van der Waals surface area contributed by atoms with Crippen LogP contribution in [0.2, 0.25) is 0 Å². The molecule has 5 nitrogen and oxygen atoms in total. The summed E-state index contributed by atoms with van der Waals surface area (Å²) in [5.74, 6) is 0. The van der Waals surface area contributed by atoms with E-state index < -0.39 is 0 Å². The average Bonchev–Trinajstić information content (AvgIpc) is 2.34. The van der Waals surface area contributed by atoms with Crippen molar-refractivity contribution in [1.29, 1.82) is 0 Å². The summed E-state index contributed by atoms with van der Waals surface area (Å²) in [5, 5.41) is 0. The molecule has 0 N–H and O–H groups in total. The SMILES string of the molecule is C[N+](C)(C)CCCC(CCC[N+](C)(C)C)(CCC[N+](C)(C)C)N=C=O. The number of aliphatic imine (C=N–C) groups is 1. The van der Waals surface area contributed by atoms with Crippen molar-refractivity contribution in [2.24, 2.45) is 4.99 Å². The van der Waals surface area contributed by atoms with Crippen LogP contribution in [0.5, 0.6) is 0 Å². The fourth-order valence-corrected chi connectivity index (χ4v) is 3.29. The van der Waals surface area contributed by atoms with Crippen LogP contribution in [-0.2, 0) is 4.79 Å². The molecule has 0 saturated carbocycles. The fourth-order valence-electron chi connectivity index (χ4n) is 3.29. The van der Waals surface area contributed by atoms with Gasteiger partial charge < -0.3 is 13.4 Å². The summed E-state index contributed by atoms with van der Waals surface area (Å²) in [6.07, 6.45) is 8.19. The van der Waals surface area contributed by atoms with Gasteiger partial charge in [-0.05, 0) is 38.5 Å². The van der Waals surface area contributed by atoms with Crippen LogP contribution in [0.1, 0.15) is 38.5 Å². The normalized spacial score (nSPS) is 13.6. The van der Waals surface area contributed by atoms with Crippen LogP contribution in [0.4, 0.5) is 0 Å². The van der Waals surface area contributed by atoms with E-state index in [9.17, 15) is 4.79 Å². The third-order valence-electron chi connectivity index (χ3n) is 4.70. The topological polar surface area (TPSA) is 29.4 Å². The maximum Gasteiger partial charge on any atom is 0.235 e. The summed E-state index contributed by atoms with van der Waals surface area (Å²) >= 11 is 0. The molecule has 0 fully saturated rings. The molecule has 0 unspecified atom stereocenters. The summed E-state index contributed by atoms with van der Waals surface area (Å²) in [5.41, 5.74) is -0.221. The summed E-state index contributed by atoms with van der Waals surface area (Å²) in [6, 6.07) is 0. The van der Waals surface area contributed by atoms with E-state index in [1.54, 1.807) is 0 Å². The molecule has 0 radical (unpaired) electrons. The largest absolute Gasteiger partial charge is 0.331 e. The number of hydrogen-bond donors (Lipinski definition) is 0. The highest BCUT2D eigenvalue weighted by molar-refractivity contribution is 5.34. The molecule has 0 aromatic rings.